The molecule has 0 heterocycles. The third-order valence-corrected chi connectivity index (χ3v) is 6.26. The van der Waals surface area contributed by atoms with Crippen LogP contribution in [0.1, 0.15) is 0 Å². The van der Waals surface area contributed by atoms with Crippen molar-refractivity contribution >= 4 is 66.8 Å². The van der Waals surface area contributed by atoms with Crippen LogP contribution in [0.5, 0.6) is 0 Å². The molecule has 0 bridgehead atoms. The van der Waals surface area contributed by atoms with E-state index in [9.17, 15) is 24.2 Å². The van der Waals surface area contributed by atoms with Gasteiger partial charge >= 0.3 is 6.09 Å². The summed E-state index contributed by atoms with van der Waals surface area (Å²) in [5.74, 6) is 0. The predicted octanol–water partition coefficient (Wildman–Crippen LogP) is 4.65. The quantitative estimate of drug-likeness (QED) is 0.517. The van der Waals surface area contributed by atoms with Crippen molar-refractivity contribution in [3.8, 4) is 0 Å². The monoisotopic (exact) mass is 339 g/mol. The molecular weight excluding hydrogens is 337 g/mol. The van der Waals surface area contributed by atoms with Gasteiger partial charge in [0.15, 0.2) is 0 Å². The number of hydrogen-bond acceptors (Lipinski definition) is 6. The van der Waals surface area contributed by atoms with E-state index < -0.39 is 74.4 Å². The van der Waals surface area contributed by atoms with E-state index >= 15 is 0 Å². The summed E-state index contributed by atoms with van der Waals surface area (Å²) >= 11 is -5.29. The minimum atomic E-state index is -3.02. The van der Waals surface area contributed by atoms with Crippen molar-refractivity contribution in [2.24, 2.45) is 0 Å². The summed E-state index contributed by atoms with van der Waals surface area (Å²) in [6.07, 6.45) is -1.96. The summed E-state index contributed by atoms with van der Waals surface area (Å²) < 4.78 is 56.3. The molecule has 0 rings (SSSR count). The van der Waals surface area contributed by atoms with Gasteiger partial charge in [0.1, 0.15) is 0 Å². The molecule has 0 aliphatic rings. The number of hydrogen-bond donors (Lipinski definition) is 2. The first kappa shape index (κ1) is 16.7. The van der Waals surface area contributed by atoms with Crippen LogP contribution in [0.25, 0.3) is 0 Å². The van der Waals surface area contributed by atoms with Crippen LogP contribution < -0.4 is 5.32 Å². The zero-order valence-corrected chi connectivity index (χ0v) is 10.9. The first-order valence-electron chi connectivity index (χ1n) is 2.97. The van der Waals surface area contributed by atoms with Crippen LogP contribution in [0.3, 0.4) is 0 Å². The lowest BCUT2D eigenvalue weighted by atomic mass is 10.7. The van der Waals surface area contributed by atoms with Crippen LogP contribution in [0, 0.1) is 0 Å². The Labute approximate surface area is 109 Å². The lowest BCUT2D eigenvalue weighted by molar-refractivity contribution is 0.192. The number of nitrogens with one attached hydrogen (secondary N) is 1. The van der Waals surface area contributed by atoms with Crippen LogP contribution in [0.2, 0.25) is 0 Å². The lowest BCUT2D eigenvalue weighted by Gasteiger charge is -2.35. The topological polar surface area (TPSA) is 49.3 Å². The average Bonchev–Trinajstić information content (AvgIpc) is 2.29. The second-order valence-electron chi connectivity index (χ2n) is 1.99. The zero-order valence-electron chi connectivity index (χ0n) is 6.79. The second kappa shape index (κ2) is 7.18. The summed E-state index contributed by atoms with van der Waals surface area (Å²) in [6, 6.07) is 0. The molecule has 0 aliphatic heterocycles. The highest BCUT2D eigenvalue weighted by molar-refractivity contribution is 8.32. The molecule has 0 spiro atoms. The van der Waals surface area contributed by atoms with Crippen molar-refractivity contribution in [2.75, 3.05) is 0 Å². The summed E-state index contributed by atoms with van der Waals surface area (Å²) in [5, 5.41) is 9.49. The van der Waals surface area contributed by atoms with Gasteiger partial charge in [0, 0.05) is 0 Å². The van der Waals surface area contributed by atoms with Crippen LogP contribution >= 0.6 is 60.7 Å². The third-order valence-electron chi connectivity index (χ3n) is 1.20. The summed E-state index contributed by atoms with van der Waals surface area (Å²) in [6.45, 7) is 0. The normalized spacial score (nSPS) is 12.6. The van der Waals surface area contributed by atoms with Gasteiger partial charge in [0.25, 0.3) is 0 Å². The molecule has 1 amide bonds. The molecule has 0 saturated carbocycles. The Kier molecular flexibility index (Phi) is 7.48. The van der Waals surface area contributed by atoms with Crippen molar-refractivity contribution < 1.29 is 29.3 Å². The van der Waals surface area contributed by atoms with Crippen molar-refractivity contribution in [1.82, 2.24) is 5.32 Å². The highest BCUT2D eigenvalue weighted by Crippen LogP contribution is 2.63. The minimum Gasteiger partial charge on any atom is -0.465 e. The smallest absolute Gasteiger partial charge is 0.406 e. The standard InChI is InChI=1S/C3H2F5NO2S5/c4-12-2(13-5,9-1(10)11)3(14-6,15-7)16-8/h9H,(H,10,11). The molecule has 13 heteroatoms. The maximum atomic E-state index is 12.5. The average molecular weight is 339 g/mol. The van der Waals surface area contributed by atoms with E-state index in [2.05, 4.69) is 0 Å². The Morgan fingerprint density at radius 2 is 1.31 bits per heavy atom. The van der Waals surface area contributed by atoms with Gasteiger partial charge in [-0.3, -0.25) is 5.32 Å². The summed E-state index contributed by atoms with van der Waals surface area (Å²) in [7, 11) is 0. The molecule has 16 heavy (non-hydrogen) atoms. The van der Waals surface area contributed by atoms with Gasteiger partial charge in [-0.1, -0.05) is 0 Å². The zero-order chi connectivity index (χ0) is 12.8. The van der Waals surface area contributed by atoms with Crippen LogP contribution in [0.4, 0.5) is 24.2 Å². The highest BCUT2D eigenvalue weighted by Gasteiger charge is 2.62. The van der Waals surface area contributed by atoms with E-state index in [-0.39, 0.29) is 0 Å². The Morgan fingerprint density at radius 3 is 1.50 bits per heavy atom. The first-order chi connectivity index (χ1) is 7.47. The fraction of sp³-hybridized carbons (Fsp3) is 0.667. The second-order valence-corrected chi connectivity index (χ2v) is 6.86. The van der Waals surface area contributed by atoms with E-state index in [1.807, 2.05) is 0 Å². The molecule has 0 radical (unpaired) electrons. The third kappa shape index (κ3) is 3.11. The Morgan fingerprint density at radius 1 is 0.938 bits per heavy atom. The fourth-order valence-electron chi connectivity index (χ4n) is 0.550. The van der Waals surface area contributed by atoms with Gasteiger partial charge in [-0.15, -0.1) is 0 Å². The maximum Gasteiger partial charge on any atom is 0.406 e. The molecule has 0 unspecified atom stereocenters. The number of amides is 1. The summed E-state index contributed by atoms with van der Waals surface area (Å²) in [4.78, 5) is 10.3. The Balaban J connectivity index is 5.33. The van der Waals surface area contributed by atoms with Gasteiger partial charge in [-0.2, -0.15) is 19.4 Å². The van der Waals surface area contributed by atoms with Crippen LogP contribution in [0.15, 0.2) is 0 Å². The van der Waals surface area contributed by atoms with Gasteiger partial charge in [0.05, 0.1) is 60.7 Å². The first-order valence-corrected chi connectivity index (χ1v) is 6.55. The van der Waals surface area contributed by atoms with Crippen molar-refractivity contribution in [3.63, 3.8) is 0 Å². The number of halogens is 5. The molecule has 0 aromatic rings. The molecule has 0 atom stereocenters. The van der Waals surface area contributed by atoms with E-state index in [4.69, 9.17) is 5.11 Å². The van der Waals surface area contributed by atoms with E-state index in [0.717, 1.165) is 0 Å². The molecule has 3 nitrogen and oxygen atoms in total. The van der Waals surface area contributed by atoms with Crippen molar-refractivity contribution in [1.29, 1.82) is 0 Å². The number of rotatable bonds is 7. The van der Waals surface area contributed by atoms with Crippen LogP contribution in [-0.4, -0.2) is 18.8 Å². The molecule has 0 aromatic heterocycles. The number of carbonyl (C=O) groups is 1. The van der Waals surface area contributed by atoms with Gasteiger partial charge in [0.2, 0.25) is 7.61 Å². The molecular formula is C3H2F5NO2S5. The van der Waals surface area contributed by atoms with Crippen molar-refractivity contribution in [3.05, 3.63) is 0 Å². The van der Waals surface area contributed by atoms with Gasteiger partial charge in [-0.25, -0.2) is 4.79 Å². The molecule has 0 fully saturated rings. The Hall–Kier alpha value is 0.670. The van der Waals surface area contributed by atoms with E-state index in [1.54, 1.807) is 0 Å². The van der Waals surface area contributed by atoms with E-state index in [1.165, 1.54) is 5.32 Å². The van der Waals surface area contributed by atoms with Gasteiger partial charge < -0.3 is 5.11 Å². The highest BCUT2D eigenvalue weighted by atomic mass is 32.3. The Bertz CT molecular complexity index is 230. The predicted molar refractivity (Wildman–Crippen MR) is 60.1 cm³/mol. The molecule has 0 saturated heterocycles. The van der Waals surface area contributed by atoms with E-state index in [0.29, 0.717) is 0 Å². The molecule has 0 aromatic carbocycles. The van der Waals surface area contributed by atoms with Gasteiger partial charge in [-0.05, 0) is 0 Å². The molecule has 2 N–H and O–H groups in total. The molecule has 96 valence electrons. The van der Waals surface area contributed by atoms with Crippen molar-refractivity contribution in [2.45, 2.75) is 7.61 Å². The van der Waals surface area contributed by atoms with Crippen LogP contribution in [-0.2, 0) is 0 Å². The lowest BCUT2D eigenvalue weighted by Crippen LogP contribution is -2.53. The number of carboxylic acid groups (broad SMARTS) is 1. The fourth-order valence-corrected chi connectivity index (χ4v) is 2.96. The molecule has 0 aliphatic carbocycles. The SMILES string of the molecule is O=C(O)NC(SF)(SF)C(SF)(SF)SF. The minimum absolute atomic E-state index is 1.06. The largest absolute Gasteiger partial charge is 0.465 e. The maximum absolute atomic E-state index is 12.5. The summed E-state index contributed by atoms with van der Waals surface area (Å²) in [5.41, 5.74) is 0.